The van der Waals surface area contributed by atoms with Crippen molar-refractivity contribution in [1.82, 2.24) is 29.8 Å². The van der Waals surface area contributed by atoms with Crippen LogP contribution in [0.3, 0.4) is 0 Å². The fourth-order valence-electron chi connectivity index (χ4n) is 2.82. The molecule has 0 unspecified atom stereocenters. The number of rotatable bonds is 4. The van der Waals surface area contributed by atoms with E-state index in [2.05, 4.69) is 15.5 Å². The van der Waals surface area contributed by atoms with Gasteiger partial charge in [0.1, 0.15) is 5.69 Å². The van der Waals surface area contributed by atoms with Crippen LogP contribution in [0.25, 0.3) is 0 Å². The van der Waals surface area contributed by atoms with Gasteiger partial charge in [0.25, 0.3) is 11.8 Å². The van der Waals surface area contributed by atoms with Gasteiger partial charge >= 0.3 is 0 Å². The van der Waals surface area contributed by atoms with E-state index in [1.807, 2.05) is 20.8 Å². The Balaban J connectivity index is 1.76. The number of nitrogens with zero attached hydrogens (tertiary/aromatic N) is 5. The molecule has 0 aliphatic carbocycles. The van der Waals surface area contributed by atoms with Crippen LogP contribution in [0.2, 0.25) is 0 Å². The topological polar surface area (TPSA) is 85.1 Å². The Kier molecular flexibility index (Phi) is 4.37. The van der Waals surface area contributed by atoms with Crippen molar-refractivity contribution < 1.29 is 9.59 Å². The molecular weight excluding hydrogens is 308 g/mol. The Labute approximate surface area is 140 Å². The Bertz CT molecular complexity index is 760. The van der Waals surface area contributed by atoms with Crippen molar-refractivity contribution in [2.24, 2.45) is 0 Å². The predicted octanol–water partition coefficient (Wildman–Crippen LogP) is 0.894. The number of hydrogen-bond donors (Lipinski definition) is 1. The lowest BCUT2D eigenvalue weighted by Gasteiger charge is -2.27. The van der Waals surface area contributed by atoms with Gasteiger partial charge in [-0.1, -0.05) is 0 Å². The predicted molar refractivity (Wildman–Crippen MR) is 87.5 cm³/mol. The van der Waals surface area contributed by atoms with Gasteiger partial charge in [0.05, 0.1) is 18.8 Å². The number of nitrogens with one attached hydrogen (secondary N) is 1. The van der Waals surface area contributed by atoms with Crippen LogP contribution in [0.1, 0.15) is 47.4 Å². The molecule has 0 saturated carbocycles. The van der Waals surface area contributed by atoms with E-state index >= 15 is 0 Å². The molecule has 3 heterocycles. The number of carbonyl (C=O) groups excluding carboxylic acids is 2. The number of carbonyl (C=O) groups is 2. The summed E-state index contributed by atoms with van der Waals surface area (Å²) in [5, 5.41) is 11.3. The SMILES string of the molecule is CCn1nccc1C(=O)N1CCn2nc(C(=O)NC(C)C)cc2C1. The van der Waals surface area contributed by atoms with Crippen molar-refractivity contribution in [2.45, 2.75) is 46.4 Å². The van der Waals surface area contributed by atoms with Crippen LogP contribution in [-0.2, 0) is 19.6 Å². The highest BCUT2D eigenvalue weighted by Crippen LogP contribution is 2.16. The first-order chi connectivity index (χ1) is 11.5. The van der Waals surface area contributed by atoms with E-state index in [9.17, 15) is 9.59 Å². The summed E-state index contributed by atoms with van der Waals surface area (Å²) in [6, 6.07) is 3.55. The smallest absolute Gasteiger partial charge is 0.272 e. The molecular formula is C16H22N6O2. The highest BCUT2D eigenvalue weighted by molar-refractivity contribution is 5.93. The zero-order chi connectivity index (χ0) is 17.3. The highest BCUT2D eigenvalue weighted by Gasteiger charge is 2.26. The van der Waals surface area contributed by atoms with Crippen LogP contribution < -0.4 is 5.32 Å². The van der Waals surface area contributed by atoms with Gasteiger partial charge in [-0.15, -0.1) is 0 Å². The number of amides is 2. The van der Waals surface area contributed by atoms with E-state index in [0.29, 0.717) is 37.6 Å². The second-order valence-corrected chi connectivity index (χ2v) is 6.13. The lowest BCUT2D eigenvalue weighted by molar-refractivity contribution is 0.0692. The van der Waals surface area contributed by atoms with Crippen molar-refractivity contribution in [3.63, 3.8) is 0 Å². The van der Waals surface area contributed by atoms with Crippen molar-refractivity contribution in [1.29, 1.82) is 0 Å². The number of fused-ring (bicyclic) bond motifs is 1. The quantitative estimate of drug-likeness (QED) is 0.902. The van der Waals surface area contributed by atoms with Crippen LogP contribution in [0.5, 0.6) is 0 Å². The lowest BCUT2D eigenvalue weighted by atomic mass is 10.2. The molecule has 3 rings (SSSR count). The maximum absolute atomic E-state index is 12.7. The molecule has 0 bridgehead atoms. The van der Waals surface area contributed by atoms with Crippen molar-refractivity contribution >= 4 is 11.8 Å². The van der Waals surface area contributed by atoms with Gasteiger partial charge in [0.15, 0.2) is 5.69 Å². The molecule has 128 valence electrons. The summed E-state index contributed by atoms with van der Waals surface area (Å²) in [4.78, 5) is 26.5. The third-order valence-electron chi connectivity index (χ3n) is 3.97. The molecule has 2 amide bonds. The summed E-state index contributed by atoms with van der Waals surface area (Å²) < 4.78 is 3.49. The average molecular weight is 330 g/mol. The first-order valence-corrected chi connectivity index (χ1v) is 8.18. The van der Waals surface area contributed by atoms with Crippen molar-refractivity contribution in [3.05, 3.63) is 35.4 Å². The molecule has 8 nitrogen and oxygen atoms in total. The van der Waals surface area contributed by atoms with Gasteiger partial charge in [0, 0.05) is 25.3 Å². The molecule has 1 N–H and O–H groups in total. The van der Waals surface area contributed by atoms with Crippen molar-refractivity contribution in [3.8, 4) is 0 Å². The van der Waals surface area contributed by atoms with Crippen LogP contribution >= 0.6 is 0 Å². The van der Waals surface area contributed by atoms with Crippen LogP contribution in [0.4, 0.5) is 0 Å². The van der Waals surface area contributed by atoms with Gasteiger partial charge < -0.3 is 10.2 Å². The van der Waals surface area contributed by atoms with E-state index < -0.39 is 0 Å². The van der Waals surface area contributed by atoms with E-state index in [-0.39, 0.29) is 17.9 Å². The third kappa shape index (κ3) is 3.04. The molecule has 0 atom stereocenters. The molecule has 2 aromatic heterocycles. The third-order valence-corrected chi connectivity index (χ3v) is 3.97. The average Bonchev–Trinajstić information content (AvgIpc) is 3.19. The van der Waals surface area contributed by atoms with Crippen molar-refractivity contribution in [2.75, 3.05) is 6.54 Å². The summed E-state index contributed by atoms with van der Waals surface area (Å²) in [6.45, 7) is 8.00. The minimum atomic E-state index is -0.186. The second kappa shape index (κ2) is 6.46. The lowest BCUT2D eigenvalue weighted by Crippen LogP contribution is -2.39. The first-order valence-electron chi connectivity index (χ1n) is 8.18. The molecule has 0 fully saturated rings. The Morgan fingerprint density at radius 1 is 1.33 bits per heavy atom. The zero-order valence-corrected chi connectivity index (χ0v) is 14.2. The molecule has 0 spiro atoms. The minimum Gasteiger partial charge on any atom is -0.348 e. The summed E-state index contributed by atoms with van der Waals surface area (Å²) in [7, 11) is 0. The van der Waals surface area contributed by atoms with Crippen LogP contribution in [0.15, 0.2) is 18.3 Å². The van der Waals surface area contributed by atoms with E-state index in [1.165, 1.54) is 0 Å². The number of hydrogen-bond acceptors (Lipinski definition) is 4. The molecule has 24 heavy (non-hydrogen) atoms. The van der Waals surface area contributed by atoms with E-state index in [0.717, 1.165) is 5.69 Å². The van der Waals surface area contributed by atoms with Gasteiger partial charge in [-0.25, -0.2) is 0 Å². The first kappa shape index (κ1) is 16.2. The second-order valence-electron chi connectivity index (χ2n) is 6.13. The summed E-state index contributed by atoms with van der Waals surface area (Å²) in [5.41, 5.74) is 1.85. The zero-order valence-electron chi connectivity index (χ0n) is 14.2. The Morgan fingerprint density at radius 2 is 2.12 bits per heavy atom. The summed E-state index contributed by atoms with van der Waals surface area (Å²) >= 11 is 0. The molecule has 1 aliphatic rings. The largest absolute Gasteiger partial charge is 0.348 e. The van der Waals surface area contributed by atoms with E-state index in [4.69, 9.17) is 0 Å². The Morgan fingerprint density at radius 3 is 2.83 bits per heavy atom. The number of aryl methyl sites for hydroxylation is 1. The molecule has 0 aromatic carbocycles. The van der Waals surface area contributed by atoms with Gasteiger partial charge in [-0.05, 0) is 32.9 Å². The van der Waals surface area contributed by atoms with E-state index in [1.54, 1.807) is 32.6 Å². The maximum Gasteiger partial charge on any atom is 0.272 e. The molecule has 8 heteroatoms. The van der Waals surface area contributed by atoms with Gasteiger partial charge in [-0.3, -0.25) is 19.0 Å². The highest BCUT2D eigenvalue weighted by atomic mass is 16.2. The monoisotopic (exact) mass is 330 g/mol. The normalized spacial score (nSPS) is 13.9. The molecule has 2 aromatic rings. The van der Waals surface area contributed by atoms with Gasteiger partial charge in [0.2, 0.25) is 0 Å². The number of aromatic nitrogens is 4. The summed E-state index contributed by atoms with van der Waals surface area (Å²) in [6.07, 6.45) is 1.64. The summed E-state index contributed by atoms with van der Waals surface area (Å²) in [5.74, 6) is -0.233. The fraction of sp³-hybridized carbons (Fsp3) is 0.500. The fourth-order valence-corrected chi connectivity index (χ4v) is 2.82. The Hall–Kier alpha value is -2.64. The van der Waals surface area contributed by atoms with Gasteiger partial charge in [-0.2, -0.15) is 10.2 Å². The molecule has 0 saturated heterocycles. The maximum atomic E-state index is 12.7. The van der Waals surface area contributed by atoms with Crippen LogP contribution in [0, 0.1) is 0 Å². The minimum absolute atomic E-state index is 0.0463. The molecule has 1 aliphatic heterocycles. The van der Waals surface area contributed by atoms with Crippen LogP contribution in [-0.4, -0.2) is 48.9 Å². The molecule has 0 radical (unpaired) electrons. The standard InChI is InChI=1S/C16H22N6O2/c1-4-21-14(5-6-17-21)16(24)20-7-8-22-12(10-20)9-13(19-22)15(23)18-11(2)3/h5-6,9,11H,4,7-8,10H2,1-3H3,(H,18,23).